The number of nitrogens with two attached hydrogens (primary N) is 1. The van der Waals surface area contributed by atoms with E-state index in [1.165, 1.54) is 5.56 Å². The minimum atomic E-state index is 0.267. The van der Waals surface area contributed by atoms with Gasteiger partial charge in [0.2, 0.25) is 0 Å². The standard InChI is InChI=1S/C15H25NO2/c1-5-6-13(16)11(2)9-12-7-8-14(17-3)15(10-12)18-4/h7-8,10-11,13H,5-6,9,16H2,1-4H3. The Bertz CT molecular complexity index is 366. The van der Waals surface area contributed by atoms with E-state index in [2.05, 4.69) is 19.9 Å². The van der Waals surface area contributed by atoms with Gasteiger partial charge in [0, 0.05) is 6.04 Å². The Morgan fingerprint density at radius 3 is 2.39 bits per heavy atom. The Labute approximate surface area is 110 Å². The summed E-state index contributed by atoms with van der Waals surface area (Å²) in [6.45, 7) is 4.38. The van der Waals surface area contributed by atoms with Gasteiger partial charge in [0.25, 0.3) is 0 Å². The average molecular weight is 251 g/mol. The van der Waals surface area contributed by atoms with Crippen molar-refractivity contribution in [3.8, 4) is 11.5 Å². The fourth-order valence-corrected chi connectivity index (χ4v) is 2.15. The Hall–Kier alpha value is -1.22. The maximum Gasteiger partial charge on any atom is 0.160 e. The van der Waals surface area contributed by atoms with Gasteiger partial charge in [-0.15, -0.1) is 0 Å². The molecule has 3 heteroatoms. The second-order valence-electron chi connectivity index (χ2n) is 4.82. The van der Waals surface area contributed by atoms with E-state index in [9.17, 15) is 0 Å². The van der Waals surface area contributed by atoms with E-state index in [-0.39, 0.29) is 6.04 Å². The Balaban J connectivity index is 2.72. The zero-order chi connectivity index (χ0) is 13.5. The molecule has 0 aliphatic heterocycles. The van der Waals surface area contributed by atoms with Crippen LogP contribution < -0.4 is 15.2 Å². The molecule has 0 fully saturated rings. The zero-order valence-electron chi connectivity index (χ0n) is 11.9. The molecule has 0 aliphatic carbocycles. The molecule has 0 aromatic heterocycles. The molecule has 0 saturated carbocycles. The maximum atomic E-state index is 6.15. The summed E-state index contributed by atoms with van der Waals surface area (Å²) >= 11 is 0. The highest BCUT2D eigenvalue weighted by Crippen LogP contribution is 2.28. The molecule has 0 aliphatic rings. The average Bonchev–Trinajstić information content (AvgIpc) is 2.38. The molecule has 2 unspecified atom stereocenters. The van der Waals surface area contributed by atoms with Crippen molar-refractivity contribution in [3.05, 3.63) is 23.8 Å². The molecule has 0 spiro atoms. The van der Waals surface area contributed by atoms with Crippen molar-refractivity contribution in [2.75, 3.05) is 14.2 Å². The molecule has 1 aromatic carbocycles. The Morgan fingerprint density at radius 2 is 1.83 bits per heavy atom. The fraction of sp³-hybridized carbons (Fsp3) is 0.600. The van der Waals surface area contributed by atoms with Crippen molar-refractivity contribution in [3.63, 3.8) is 0 Å². The number of rotatable bonds is 7. The fourth-order valence-electron chi connectivity index (χ4n) is 2.15. The molecule has 0 heterocycles. The summed E-state index contributed by atoms with van der Waals surface area (Å²) in [7, 11) is 3.31. The third-order valence-corrected chi connectivity index (χ3v) is 3.36. The van der Waals surface area contributed by atoms with Crippen LogP contribution in [0.25, 0.3) is 0 Å². The molecule has 2 N–H and O–H groups in total. The van der Waals surface area contributed by atoms with Crippen LogP contribution in [0.1, 0.15) is 32.3 Å². The molecule has 0 radical (unpaired) electrons. The van der Waals surface area contributed by atoms with Gasteiger partial charge < -0.3 is 15.2 Å². The van der Waals surface area contributed by atoms with Crippen molar-refractivity contribution in [2.24, 2.45) is 11.7 Å². The molecule has 0 amide bonds. The van der Waals surface area contributed by atoms with Crippen LogP contribution in [0.15, 0.2) is 18.2 Å². The van der Waals surface area contributed by atoms with Gasteiger partial charge in [-0.3, -0.25) is 0 Å². The van der Waals surface area contributed by atoms with E-state index in [1.807, 2.05) is 12.1 Å². The number of ether oxygens (including phenoxy) is 2. The molecule has 102 valence electrons. The van der Waals surface area contributed by atoms with Gasteiger partial charge in [-0.05, 0) is 36.5 Å². The largest absolute Gasteiger partial charge is 0.493 e. The van der Waals surface area contributed by atoms with Crippen LogP contribution in [0, 0.1) is 5.92 Å². The molecule has 0 bridgehead atoms. The zero-order valence-corrected chi connectivity index (χ0v) is 11.9. The summed E-state index contributed by atoms with van der Waals surface area (Å²) in [6.07, 6.45) is 3.19. The lowest BCUT2D eigenvalue weighted by Crippen LogP contribution is -2.29. The molecule has 2 atom stereocenters. The summed E-state index contributed by atoms with van der Waals surface area (Å²) in [4.78, 5) is 0. The van der Waals surface area contributed by atoms with Crippen LogP contribution in [0.5, 0.6) is 11.5 Å². The van der Waals surface area contributed by atoms with Gasteiger partial charge in [0.15, 0.2) is 11.5 Å². The lowest BCUT2D eigenvalue weighted by atomic mass is 9.92. The third kappa shape index (κ3) is 3.91. The second kappa shape index (κ2) is 7.27. The topological polar surface area (TPSA) is 44.5 Å². The first kappa shape index (κ1) is 14.8. The summed E-state index contributed by atoms with van der Waals surface area (Å²) in [5.74, 6) is 2.03. The van der Waals surface area contributed by atoms with E-state index in [0.717, 1.165) is 30.8 Å². The van der Waals surface area contributed by atoms with Gasteiger partial charge in [-0.2, -0.15) is 0 Å². The first-order chi connectivity index (χ1) is 8.62. The summed E-state index contributed by atoms with van der Waals surface area (Å²) in [5.41, 5.74) is 7.39. The minimum absolute atomic E-state index is 0.267. The highest BCUT2D eigenvalue weighted by Gasteiger charge is 2.13. The molecular weight excluding hydrogens is 226 g/mol. The van der Waals surface area contributed by atoms with Crippen LogP contribution in [0.4, 0.5) is 0 Å². The summed E-state index contributed by atoms with van der Waals surface area (Å²) in [6, 6.07) is 6.33. The van der Waals surface area contributed by atoms with Gasteiger partial charge >= 0.3 is 0 Å². The first-order valence-electron chi connectivity index (χ1n) is 6.58. The van der Waals surface area contributed by atoms with E-state index in [4.69, 9.17) is 15.2 Å². The molecule has 18 heavy (non-hydrogen) atoms. The quantitative estimate of drug-likeness (QED) is 0.810. The number of benzene rings is 1. The minimum Gasteiger partial charge on any atom is -0.493 e. The highest BCUT2D eigenvalue weighted by molar-refractivity contribution is 5.43. The van der Waals surface area contributed by atoms with E-state index < -0.39 is 0 Å². The van der Waals surface area contributed by atoms with E-state index >= 15 is 0 Å². The van der Waals surface area contributed by atoms with Crippen LogP contribution in [-0.2, 0) is 6.42 Å². The monoisotopic (exact) mass is 251 g/mol. The van der Waals surface area contributed by atoms with Crippen LogP contribution in [0.3, 0.4) is 0 Å². The molecule has 1 aromatic rings. The van der Waals surface area contributed by atoms with Crippen LogP contribution >= 0.6 is 0 Å². The number of hydrogen-bond acceptors (Lipinski definition) is 3. The normalized spacial score (nSPS) is 14.1. The van der Waals surface area contributed by atoms with E-state index in [0.29, 0.717) is 5.92 Å². The van der Waals surface area contributed by atoms with Gasteiger partial charge in [-0.25, -0.2) is 0 Å². The van der Waals surface area contributed by atoms with E-state index in [1.54, 1.807) is 14.2 Å². The lowest BCUT2D eigenvalue weighted by Gasteiger charge is -2.20. The summed E-state index contributed by atoms with van der Waals surface area (Å²) in [5, 5.41) is 0. The van der Waals surface area contributed by atoms with Crippen LogP contribution in [-0.4, -0.2) is 20.3 Å². The van der Waals surface area contributed by atoms with Crippen molar-refractivity contribution in [2.45, 2.75) is 39.2 Å². The molecular formula is C15H25NO2. The van der Waals surface area contributed by atoms with Crippen molar-refractivity contribution in [1.29, 1.82) is 0 Å². The number of methoxy groups -OCH3 is 2. The Kier molecular flexibility index (Phi) is 5.99. The van der Waals surface area contributed by atoms with Crippen LogP contribution in [0.2, 0.25) is 0 Å². The lowest BCUT2D eigenvalue weighted by molar-refractivity contribution is 0.353. The first-order valence-corrected chi connectivity index (χ1v) is 6.58. The highest BCUT2D eigenvalue weighted by atomic mass is 16.5. The SMILES string of the molecule is CCCC(N)C(C)Cc1ccc(OC)c(OC)c1. The van der Waals surface area contributed by atoms with Crippen molar-refractivity contribution in [1.82, 2.24) is 0 Å². The maximum absolute atomic E-state index is 6.15. The summed E-state index contributed by atoms with van der Waals surface area (Å²) < 4.78 is 10.5. The van der Waals surface area contributed by atoms with Gasteiger partial charge in [0.05, 0.1) is 14.2 Å². The molecule has 3 nitrogen and oxygen atoms in total. The second-order valence-corrected chi connectivity index (χ2v) is 4.82. The predicted octanol–water partition coefficient (Wildman–Crippen LogP) is 3.01. The molecule has 0 saturated heterocycles. The van der Waals surface area contributed by atoms with Crippen molar-refractivity contribution >= 4 is 0 Å². The van der Waals surface area contributed by atoms with Gasteiger partial charge in [0.1, 0.15) is 0 Å². The van der Waals surface area contributed by atoms with Crippen molar-refractivity contribution < 1.29 is 9.47 Å². The predicted molar refractivity (Wildman–Crippen MR) is 75.3 cm³/mol. The smallest absolute Gasteiger partial charge is 0.160 e. The third-order valence-electron chi connectivity index (χ3n) is 3.36. The Morgan fingerprint density at radius 1 is 1.17 bits per heavy atom. The number of hydrogen-bond donors (Lipinski definition) is 1. The molecule has 1 rings (SSSR count). The van der Waals surface area contributed by atoms with Gasteiger partial charge in [-0.1, -0.05) is 26.3 Å².